The van der Waals surface area contributed by atoms with Crippen LogP contribution in [-0.2, 0) is 4.74 Å². The van der Waals surface area contributed by atoms with Crippen molar-refractivity contribution in [2.45, 2.75) is 12.0 Å². The lowest BCUT2D eigenvalue weighted by Gasteiger charge is -2.16. The molecule has 0 radical (unpaired) electrons. The number of aliphatic hydroxyl groups is 1. The highest BCUT2D eigenvalue weighted by atomic mass is 35.5. The summed E-state index contributed by atoms with van der Waals surface area (Å²) in [6.45, 7) is 0.130. The third-order valence-corrected chi connectivity index (χ3v) is 2.30. The van der Waals surface area contributed by atoms with E-state index in [4.69, 9.17) is 21.6 Å². The molecule has 0 amide bonds. The molecule has 0 aliphatic heterocycles. The molecule has 0 aliphatic carbocycles. The van der Waals surface area contributed by atoms with Crippen LogP contribution in [0.2, 0.25) is 5.02 Å². The fraction of sp³-hybridized carbons (Fsp3) is 0.364. The molecule has 4 heteroatoms. The lowest BCUT2D eigenvalue weighted by atomic mass is 9.95. The maximum Gasteiger partial charge on any atom is 0.0995 e. The molecule has 0 aliphatic rings. The minimum Gasteiger partial charge on any atom is -0.389 e. The number of aliphatic hydroxyl groups excluding tert-OH is 1. The van der Waals surface area contributed by atoms with Gasteiger partial charge in [0.2, 0.25) is 0 Å². The topological polar surface area (TPSA) is 53.2 Å². The smallest absolute Gasteiger partial charge is 0.0995 e. The molecule has 15 heavy (non-hydrogen) atoms. The number of nitriles is 1. The van der Waals surface area contributed by atoms with Gasteiger partial charge in [-0.15, -0.1) is 0 Å². The van der Waals surface area contributed by atoms with Crippen molar-refractivity contribution in [3.8, 4) is 6.07 Å². The van der Waals surface area contributed by atoms with Crippen molar-refractivity contribution in [3.05, 3.63) is 34.9 Å². The maximum atomic E-state index is 9.66. The van der Waals surface area contributed by atoms with E-state index in [0.717, 1.165) is 0 Å². The van der Waals surface area contributed by atoms with Crippen molar-refractivity contribution in [1.82, 2.24) is 0 Å². The highest BCUT2D eigenvalue weighted by Crippen LogP contribution is 2.22. The summed E-state index contributed by atoms with van der Waals surface area (Å²) in [6, 6.07) is 8.95. The highest BCUT2D eigenvalue weighted by Gasteiger charge is 2.20. The van der Waals surface area contributed by atoms with Crippen LogP contribution in [0.25, 0.3) is 0 Å². The Morgan fingerprint density at radius 3 is 2.87 bits per heavy atom. The van der Waals surface area contributed by atoms with E-state index in [-0.39, 0.29) is 6.61 Å². The predicted octanol–water partition coefficient (Wildman–Crippen LogP) is 1.95. The summed E-state index contributed by atoms with van der Waals surface area (Å²) in [5, 5.41) is 19.2. The first kappa shape index (κ1) is 12.0. The lowest BCUT2D eigenvalue weighted by Crippen LogP contribution is -2.22. The molecule has 1 N–H and O–H groups in total. The minimum atomic E-state index is -0.835. The van der Waals surface area contributed by atoms with Crippen LogP contribution in [-0.4, -0.2) is 24.9 Å². The van der Waals surface area contributed by atoms with E-state index in [1.807, 2.05) is 6.07 Å². The number of methoxy groups -OCH3 is 1. The standard InChI is InChI=1S/C11H12ClNO2/c1-15-7-11(14)10(6-13)8-3-2-4-9(12)5-8/h2-5,10-11,14H,7H2,1H3. The molecule has 80 valence electrons. The zero-order chi connectivity index (χ0) is 11.3. The van der Waals surface area contributed by atoms with Crippen LogP contribution >= 0.6 is 11.6 Å². The van der Waals surface area contributed by atoms with Gasteiger partial charge in [-0.2, -0.15) is 5.26 Å². The monoisotopic (exact) mass is 225 g/mol. The maximum absolute atomic E-state index is 9.66. The van der Waals surface area contributed by atoms with E-state index in [2.05, 4.69) is 0 Å². The molecular formula is C11H12ClNO2. The second-order valence-corrected chi connectivity index (χ2v) is 3.62. The van der Waals surface area contributed by atoms with Crippen LogP contribution in [0.5, 0.6) is 0 Å². The van der Waals surface area contributed by atoms with Gasteiger partial charge in [0.1, 0.15) is 0 Å². The molecule has 0 fully saturated rings. The quantitative estimate of drug-likeness (QED) is 0.852. The molecule has 0 heterocycles. The average Bonchev–Trinajstić information content (AvgIpc) is 2.19. The highest BCUT2D eigenvalue weighted by molar-refractivity contribution is 6.30. The zero-order valence-corrected chi connectivity index (χ0v) is 9.11. The van der Waals surface area contributed by atoms with Gasteiger partial charge in [-0.25, -0.2) is 0 Å². The molecular weight excluding hydrogens is 214 g/mol. The van der Waals surface area contributed by atoms with Crippen molar-refractivity contribution in [2.75, 3.05) is 13.7 Å². The predicted molar refractivity (Wildman–Crippen MR) is 57.7 cm³/mol. The van der Waals surface area contributed by atoms with E-state index in [1.54, 1.807) is 24.3 Å². The molecule has 0 spiro atoms. The van der Waals surface area contributed by atoms with E-state index >= 15 is 0 Å². The Hall–Kier alpha value is -1.08. The zero-order valence-electron chi connectivity index (χ0n) is 8.35. The van der Waals surface area contributed by atoms with E-state index in [9.17, 15) is 5.11 Å². The second kappa shape index (κ2) is 5.72. The minimum absolute atomic E-state index is 0.130. The number of nitrogens with zero attached hydrogens (tertiary/aromatic N) is 1. The Kier molecular flexibility index (Phi) is 4.57. The number of ether oxygens (including phenoxy) is 1. The van der Waals surface area contributed by atoms with Gasteiger partial charge in [-0.05, 0) is 17.7 Å². The SMILES string of the molecule is COCC(O)C(C#N)c1cccc(Cl)c1. The molecule has 0 saturated carbocycles. The van der Waals surface area contributed by atoms with Crippen LogP contribution in [0, 0.1) is 11.3 Å². The largest absolute Gasteiger partial charge is 0.389 e. The van der Waals surface area contributed by atoms with Crippen LogP contribution in [0.3, 0.4) is 0 Å². The third-order valence-electron chi connectivity index (χ3n) is 2.07. The van der Waals surface area contributed by atoms with Crippen molar-refractivity contribution in [3.63, 3.8) is 0 Å². The fourth-order valence-electron chi connectivity index (χ4n) is 1.35. The first-order valence-corrected chi connectivity index (χ1v) is 4.89. The van der Waals surface area contributed by atoms with Crippen LogP contribution < -0.4 is 0 Å². The summed E-state index contributed by atoms with van der Waals surface area (Å²) in [6.07, 6.45) is -0.835. The molecule has 2 unspecified atom stereocenters. The van der Waals surface area contributed by atoms with Crippen molar-refractivity contribution in [2.24, 2.45) is 0 Å². The van der Waals surface area contributed by atoms with E-state index in [0.29, 0.717) is 10.6 Å². The molecule has 2 atom stereocenters. The molecule has 1 rings (SSSR count). The Bertz CT molecular complexity index is 362. The van der Waals surface area contributed by atoms with Gasteiger partial charge in [0.15, 0.2) is 0 Å². The van der Waals surface area contributed by atoms with E-state index < -0.39 is 12.0 Å². The van der Waals surface area contributed by atoms with Gasteiger partial charge in [0, 0.05) is 12.1 Å². The molecule has 1 aromatic rings. The number of halogens is 1. The summed E-state index contributed by atoms with van der Waals surface area (Å²) in [5.41, 5.74) is 0.703. The Morgan fingerprint density at radius 1 is 1.60 bits per heavy atom. The van der Waals surface area contributed by atoms with Crippen LogP contribution in [0.15, 0.2) is 24.3 Å². The van der Waals surface area contributed by atoms with Gasteiger partial charge < -0.3 is 9.84 Å². The van der Waals surface area contributed by atoms with Gasteiger partial charge in [0.05, 0.1) is 24.7 Å². The number of hydrogen-bond acceptors (Lipinski definition) is 3. The first-order chi connectivity index (χ1) is 7.19. The second-order valence-electron chi connectivity index (χ2n) is 3.18. The summed E-state index contributed by atoms with van der Waals surface area (Å²) in [5.74, 6) is -0.608. The Morgan fingerprint density at radius 2 is 2.33 bits per heavy atom. The van der Waals surface area contributed by atoms with Crippen LogP contribution in [0.4, 0.5) is 0 Å². The summed E-state index contributed by atoms with van der Waals surface area (Å²) in [4.78, 5) is 0. The number of rotatable bonds is 4. The molecule has 0 bridgehead atoms. The van der Waals surface area contributed by atoms with E-state index in [1.165, 1.54) is 7.11 Å². The lowest BCUT2D eigenvalue weighted by molar-refractivity contribution is 0.0571. The van der Waals surface area contributed by atoms with Crippen molar-refractivity contribution >= 4 is 11.6 Å². The van der Waals surface area contributed by atoms with Crippen molar-refractivity contribution < 1.29 is 9.84 Å². The van der Waals surface area contributed by atoms with Gasteiger partial charge >= 0.3 is 0 Å². The van der Waals surface area contributed by atoms with Crippen molar-refractivity contribution in [1.29, 1.82) is 5.26 Å². The Labute approximate surface area is 93.9 Å². The first-order valence-electron chi connectivity index (χ1n) is 4.51. The number of benzene rings is 1. The molecule has 0 saturated heterocycles. The normalized spacial score (nSPS) is 14.3. The fourth-order valence-corrected chi connectivity index (χ4v) is 1.55. The third kappa shape index (κ3) is 3.21. The summed E-state index contributed by atoms with van der Waals surface area (Å²) in [7, 11) is 1.48. The summed E-state index contributed by atoms with van der Waals surface area (Å²) >= 11 is 5.81. The molecule has 0 aromatic heterocycles. The summed E-state index contributed by atoms with van der Waals surface area (Å²) < 4.78 is 4.80. The molecule has 1 aromatic carbocycles. The van der Waals surface area contributed by atoms with Gasteiger partial charge in [0.25, 0.3) is 0 Å². The van der Waals surface area contributed by atoms with Crippen LogP contribution in [0.1, 0.15) is 11.5 Å². The van der Waals surface area contributed by atoms with Gasteiger partial charge in [-0.3, -0.25) is 0 Å². The molecule has 3 nitrogen and oxygen atoms in total. The Balaban J connectivity index is 2.88. The average molecular weight is 226 g/mol. The van der Waals surface area contributed by atoms with Gasteiger partial charge in [-0.1, -0.05) is 23.7 Å². The number of hydrogen-bond donors (Lipinski definition) is 1.